The molecule has 3 heterocycles. The Labute approximate surface area is 160 Å². The highest BCUT2D eigenvalue weighted by Gasteiger charge is 2.58. The van der Waals surface area contributed by atoms with Crippen LogP contribution in [-0.4, -0.2) is 39.4 Å². The number of nitrogens with one attached hydrogen (secondary N) is 1. The summed E-state index contributed by atoms with van der Waals surface area (Å²) in [6.45, 7) is 2.21. The van der Waals surface area contributed by atoms with Gasteiger partial charge in [-0.05, 0) is 49.2 Å². The largest absolute Gasteiger partial charge is 0.478 e. The van der Waals surface area contributed by atoms with Gasteiger partial charge in [0.05, 0.1) is 16.9 Å². The number of urea groups is 1. The fourth-order valence-corrected chi connectivity index (χ4v) is 4.37. The number of carboxylic acid groups (broad SMARTS) is 1. The highest BCUT2D eigenvalue weighted by atomic mass is 16.4. The van der Waals surface area contributed by atoms with Gasteiger partial charge in [-0.25, -0.2) is 14.5 Å². The summed E-state index contributed by atoms with van der Waals surface area (Å²) >= 11 is 0. The first-order chi connectivity index (χ1) is 13.4. The molecule has 7 heteroatoms. The third-order valence-corrected chi connectivity index (χ3v) is 5.84. The molecule has 1 atom stereocenters. The van der Waals surface area contributed by atoms with Crippen LogP contribution in [0.5, 0.6) is 0 Å². The van der Waals surface area contributed by atoms with Crippen LogP contribution in [0, 0.1) is 0 Å². The molecule has 1 saturated heterocycles. The molecule has 1 aromatic heterocycles. The summed E-state index contributed by atoms with van der Waals surface area (Å²) in [5.41, 5.74) is 2.12. The van der Waals surface area contributed by atoms with Crippen molar-refractivity contribution < 1.29 is 19.5 Å². The first-order valence-electron chi connectivity index (χ1n) is 9.02. The van der Waals surface area contributed by atoms with E-state index in [1.165, 1.54) is 24.3 Å². The summed E-state index contributed by atoms with van der Waals surface area (Å²) in [6, 6.07) is 13.3. The van der Waals surface area contributed by atoms with Crippen LogP contribution in [0.25, 0.3) is 10.9 Å². The number of aromatic amines is 1. The van der Waals surface area contributed by atoms with Crippen molar-refractivity contribution in [3.63, 3.8) is 0 Å². The molecule has 2 aliphatic heterocycles. The Morgan fingerprint density at radius 1 is 1.11 bits per heavy atom. The van der Waals surface area contributed by atoms with E-state index < -0.39 is 11.5 Å². The molecule has 2 N–H and O–H groups in total. The molecule has 140 valence electrons. The smallest absolute Gasteiger partial charge is 0.335 e. The quantitative estimate of drug-likeness (QED) is 0.673. The topological polar surface area (TPSA) is 93.7 Å². The summed E-state index contributed by atoms with van der Waals surface area (Å²) in [5, 5.41) is 10.1. The fraction of sp³-hybridized carbons (Fsp3) is 0.190. The van der Waals surface area contributed by atoms with Crippen LogP contribution in [0.15, 0.2) is 48.5 Å². The molecule has 0 radical (unpaired) electrons. The molecule has 28 heavy (non-hydrogen) atoms. The van der Waals surface area contributed by atoms with E-state index in [0.29, 0.717) is 18.7 Å². The number of para-hydroxylation sites is 1. The third-order valence-electron chi connectivity index (χ3n) is 5.84. The second-order valence-corrected chi connectivity index (χ2v) is 7.27. The van der Waals surface area contributed by atoms with Gasteiger partial charge in [-0.1, -0.05) is 18.2 Å². The van der Waals surface area contributed by atoms with Gasteiger partial charge in [0.25, 0.3) is 5.91 Å². The Bertz CT molecular complexity index is 1160. The molecule has 0 saturated carbocycles. The SMILES string of the molecule is CC12C(=O)N(c3ccc(C(=O)O)cc3)C(=O)N1CCc1c2[nH]c2ccccc12. The lowest BCUT2D eigenvalue weighted by Gasteiger charge is -2.35. The Morgan fingerprint density at radius 2 is 1.82 bits per heavy atom. The Kier molecular flexibility index (Phi) is 3.22. The summed E-state index contributed by atoms with van der Waals surface area (Å²) in [5.74, 6) is -1.40. The average Bonchev–Trinajstić information content (AvgIpc) is 3.17. The Morgan fingerprint density at radius 3 is 2.54 bits per heavy atom. The summed E-state index contributed by atoms with van der Waals surface area (Å²) in [4.78, 5) is 43.7. The number of amides is 3. The number of carbonyl (C=O) groups excluding carboxylic acids is 2. The summed E-state index contributed by atoms with van der Waals surface area (Å²) < 4.78 is 0. The van der Waals surface area contributed by atoms with E-state index in [1.54, 1.807) is 11.8 Å². The van der Waals surface area contributed by atoms with Gasteiger partial charge in [-0.3, -0.25) is 4.79 Å². The Balaban J connectivity index is 1.63. The maximum atomic E-state index is 13.5. The Hall–Kier alpha value is -3.61. The zero-order valence-electron chi connectivity index (χ0n) is 15.1. The normalized spacial score (nSPS) is 21.2. The zero-order chi connectivity index (χ0) is 19.6. The minimum Gasteiger partial charge on any atom is -0.478 e. The molecule has 1 fully saturated rings. The van der Waals surface area contributed by atoms with Crippen LogP contribution in [0.3, 0.4) is 0 Å². The number of imide groups is 1. The van der Waals surface area contributed by atoms with E-state index in [1.807, 2.05) is 24.3 Å². The minimum absolute atomic E-state index is 0.102. The number of aromatic nitrogens is 1. The van der Waals surface area contributed by atoms with Gasteiger partial charge < -0.3 is 15.0 Å². The molecule has 2 aliphatic rings. The standard InChI is InChI=1S/C21H17N3O4/c1-21-17-15(14-4-2-3-5-16(14)22-17)10-11-23(21)20(28)24(19(21)27)13-8-6-12(7-9-13)18(25)26/h2-9,22H,10-11H2,1H3,(H,25,26). The zero-order valence-corrected chi connectivity index (χ0v) is 15.1. The van der Waals surface area contributed by atoms with Crippen LogP contribution in [0.4, 0.5) is 10.5 Å². The van der Waals surface area contributed by atoms with Crippen molar-refractivity contribution in [3.05, 3.63) is 65.4 Å². The van der Waals surface area contributed by atoms with Crippen molar-refractivity contribution in [2.24, 2.45) is 0 Å². The molecule has 2 aromatic carbocycles. The predicted octanol–water partition coefficient (Wildman–Crippen LogP) is 3.11. The molecule has 1 unspecified atom stereocenters. The molecule has 3 amide bonds. The maximum absolute atomic E-state index is 13.5. The predicted molar refractivity (Wildman–Crippen MR) is 102 cm³/mol. The molecule has 5 rings (SSSR count). The summed E-state index contributed by atoms with van der Waals surface area (Å²) in [6.07, 6.45) is 0.666. The lowest BCUT2D eigenvalue weighted by atomic mass is 9.87. The van der Waals surface area contributed by atoms with Crippen molar-refractivity contribution in [1.82, 2.24) is 9.88 Å². The van der Waals surface area contributed by atoms with E-state index in [-0.39, 0.29) is 17.5 Å². The first kappa shape index (κ1) is 16.6. The lowest BCUT2D eigenvalue weighted by Crippen LogP contribution is -2.49. The second kappa shape index (κ2) is 5.45. The van der Waals surface area contributed by atoms with E-state index in [0.717, 1.165) is 27.1 Å². The van der Waals surface area contributed by atoms with Gasteiger partial charge in [0.1, 0.15) is 0 Å². The maximum Gasteiger partial charge on any atom is 0.335 e. The van der Waals surface area contributed by atoms with E-state index in [9.17, 15) is 14.4 Å². The molecular formula is C21H17N3O4. The molecule has 0 aliphatic carbocycles. The molecule has 0 bridgehead atoms. The first-order valence-corrected chi connectivity index (χ1v) is 9.02. The van der Waals surface area contributed by atoms with Crippen LogP contribution >= 0.6 is 0 Å². The van der Waals surface area contributed by atoms with Gasteiger partial charge in [0.2, 0.25) is 0 Å². The number of fused-ring (bicyclic) bond motifs is 5. The van der Waals surface area contributed by atoms with Crippen molar-refractivity contribution >= 4 is 34.5 Å². The van der Waals surface area contributed by atoms with Crippen molar-refractivity contribution in [1.29, 1.82) is 0 Å². The number of nitrogens with zero attached hydrogens (tertiary/aromatic N) is 2. The highest BCUT2D eigenvalue weighted by Crippen LogP contribution is 2.45. The van der Waals surface area contributed by atoms with Gasteiger partial charge in [-0.2, -0.15) is 0 Å². The van der Waals surface area contributed by atoms with Crippen LogP contribution in [-0.2, 0) is 16.8 Å². The van der Waals surface area contributed by atoms with E-state index >= 15 is 0 Å². The highest BCUT2D eigenvalue weighted by molar-refractivity contribution is 6.23. The molecule has 3 aromatic rings. The molecule has 0 spiro atoms. The number of hydrogen-bond acceptors (Lipinski definition) is 3. The number of hydrogen-bond donors (Lipinski definition) is 2. The third kappa shape index (κ3) is 1.95. The molecular weight excluding hydrogens is 358 g/mol. The number of carbonyl (C=O) groups is 3. The van der Waals surface area contributed by atoms with E-state index in [2.05, 4.69) is 4.98 Å². The fourth-order valence-electron chi connectivity index (χ4n) is 4.37. The second-order valence-electron chi connectivity index (χ2n) is 7.27. The van der Waals surface area contributed by atoms with Crippen molar-refractivity contribution in [2.45, 2.75) is 18.9 Å². The van der Waals surface area contributed by atoms with Gasteiger partial charge in [-0.15, -0.1) is 0 Å². The average molecular weight is 375 g/mol. The molecule has 7 nitrogen and oxygen atoms in total. The van der Waals surface area contributed by atoms with Crippen LogP contribution < -0.4 is 4.90 Å². The number of rotatable bonds is 2. The van der Waals surface area contributed by atoms with Crippen molar-refractivity contribution in [3.8, 4) is 0 Å². The van der Waals surface area contributed by atoms with Crippen LogP contribution in [0.2, 0.25) is 0 Å². The summed E-state index contributed by atoms with van der Waals surface area (Å²) in [7, 11) is 0. The number of H-pyrrole nitrogens is 1. The van der Waals surface area contributed by atoms with Crippen LogP contribution in [0.1, 0.15) is 28.5 Å². The van der Waals surface area contributed by atoms with Crippen molar-refractivity contribution in [2.75, 3.05) is 11.4 Å². The van der Waals surface area contributed by atoms with Gasteiger partial charge in [0.15, 0.2) is 5.54 Å². The number of anilines is 1. The minimum atomic E-state index is -1.12. The number of carboxylic acids is 1. The van der Waals surface area contributed by atoms with Gasteiger partial charge in [0, 0.05) is 17.4 Å². The van der Waals surface area contributed by atoms with E-state index in [4.69, 9.17) is 5.11 Å². The van der Waals surface area contributed by atoms with Gasteiger partial charge >= 0.3 is 12.0 Å². The monoisotopic (exact) mass is 375 g/mol. The lowest BCUT2D eigenvalue weighted by molar-refractivity contribution is -0.125. The number of benzene rings is 2. The number of aromatic carboxylic acids is 1.